The molecule has 8 atom stereocenters. The van der Waals surface area contributed by atoms with Gasteiger partial charge in [-0.2, -0.15) is 0 Å². The fraction of sp³-hybridized carbons (Fsp3) is 0.409. The first-order valence-electron chi connectivity index (χ1n) is 16.6. The van der Waals surface area contributed by atoms with Gasteiger partial charge in [0.2, 0.25) is 0 Å². The average Bonchev–Trinajstić information content (AvgIpc) is 3.81. The van der Waals surface area contributed by atoms with Crippen LogP contribution in [0.25, 0.3) is 12.2 Å². The van der Waals surface area contributed by atoms with Crippen LogP contribution in [0, 0.1) is 61.2 Å². The summed E-state index contributed by atoms with van der Waals surface area (Å²) in [7, 11) is 0. The maximum atomic E-state index is 2.57. The number of rotatable bonds is 4. The SMILES string of the molecule is CC(C)(C1C=Cc2ccccc21)C1C=Cc2ccccc21.CC(C)(C1CCC2C=CC=CC21)C1CCC2C=CC=CC21.[CH3-].[CH3-].[Li+].[Li+]. The van der Waals surface area contributed by atoms with Gasteiger partial charge in [-0.05, 0) is 94.3 Å². The van der Waals surface area contributed by atoms with Gasteiger partial charge in [0.15, 0.2) is 0 Å². The van der Waals surface area contributed by atoms with E-state index in [1.54, 1.807) is 0 Å². The van der Waals surface area contributed by atoms with Crippen LogP contribution in [0.4, 0.5) is 0 Å². The number of allylic oxidation sites excluding steroid dienone is 10. The van der Waals surface area contributed by atoms with Crippen molar-refractivity contribution in [2.45, 2.75) is 65.2 Å². The van der Waals surface area contributed by atoms with Crippen LogP contribution >= 0.6 is 0 Å². The molecule has 0 N–H and O–H groups in total. The van der Waals surface area contributed by atoms with Crippen molar-refractivity contribution in [1.29, 1.82) is 0 Å². The third-order valence-corrected chi connectivity index (χ3v) is 12.3. The third-order valence-electron chi connectivity index (χ3n) is 12.3. The normalized spacial score (nSPS) is 30.3. The molecule has 0 saturated heterocycles. The number of fused-ring (bicyclic) bond motifs is 4. The molecule has 0 amide bonds. The van der Waals surface area contributed by atoms with Crippen LogP contribution in [0.2, 0.25) is 0 Å². The minimum absolute atomic E-state index is 0. The topological polar surface area (TPSA) is 0 Å². The van der Waals surface area contributed by atoms with Crippen LogP contribution in [0.5, 0.6) is 0 Å². The molecule has 8 unspecified atom stereocenters. The summed E-state index contributed by atoms with van der Waals surface area (Å²) in [5.41, 5.74) is 6.34. The Labute approximate surface area is 306 Å². The number of hydrogen-bond acceptors (Lipinski definition) is 0. The largest absolute Gasteiger partial charge is 1.00 e. The first-order chi connectivity index (χ1) is 20.4. The molecule has 6 aliphatic carbocycles. The summed E-state index contributed by atoms with van der Waals surface area (Å²) < 4.78 is 0. The van der Waals surface area contributed by atoms with Crippen LogP contribution in [0.1, 0.15) is 87.5 Å². The van der Waals surface area contributed by atoms with E-state index in [4.69, 9.17) is 0 Å². The molecule has 46 heavy (non-hydrogen) atoms. The van der Waals surface area contributed by atoms with E-state index in [1.807, 2.05) is 0 Å². The van der Waals surface area contributed by atoms with E-state index >= 15 is 0 Å². The van der Waals surface area contributed by atoms with Crippen LogP contribution in [0.3, 0.4) is 0 Å². The molecule has 0 aromatic heterocycles. The second-order valence-corrected chi connectivity index (χ2v) is 15.0. The second-order valence-electron chi connectivity index (χ2n) is 15.0. The Hall–Kier alpha value is -1.93. The number of benzene rings is 2. The monoisotopic (exact) mass is 596 g/mol. The van der Waals surface area contributed by atoms with E-state index < -0.39 is 0 Å². The molecule has 0 radical (unpaired) electrons. The van der Waals surface area contributed by atoms with Gasteiger partial charge in [0.1, 0.15) is 0 Å². The first-order valence-corrected chi connectivity index (χ1v) is 16.6. The van der Waals surface area contributed by atoms with Gasteiger partial charge in [0, 0.05) is 11.8 Å². The van der Waals surface area contributed by atoms with Crippen LogP contribution in [0.15, 0.2) is 109 Å². The maximum Gasteiger partial charge on any atom is 1.00 e. The van der Waals surface area contributed by atoms with Crippen molar-refractivity contribution < 1.29 is 37.7 Å². The molecule has 0 heterocycles. The molecular weight excluding hydrogens is 542 g/mol. The van der Waals surface area contributed by atoms with Gasteiger partial charge >= 0.3 is 37.7 Å². The molecule has 2 aromatic carbocycles. The van der Waals surface area contributed by atoms with Crippen molar-refractivity contribution in [3.8, 4) is 0 Å². The molecule has 0 bridgehead atoms. The summed E-state index contributed by atoms with van der Waals surface area (Å²) in [6, 6.07) is 17.6. The summed E-state index contributed by atoms with van der Waals surface area (Å²) in [5.74, 6) is 5.93. The van der Waals surface area contributed by atoms with E-state index in [0.29, 0.717) is 17.3 Å². The molecular formula is C44H54Li2. The summed E-state index contributed by atoms with van der Waals surface area (Å²) in [6.07, 6.45) is 34.0. The minimum atomic E-state index is 0. The van der Waals surface area contributed by atoms with E-state index in [-0.39, 0.29) is 58.0 Å². The van der Waals surface area contributed by atoms with Crippen LogP contribution in [-0.4, -0.2) is 0 Å². The van der Waals surface area contributed by atoms with Crippen molar-refractivity contribution in [2.24, 2.45) is 46.3 Å². The van der Waals surface area contributed by atoms with Crippen LogP contribution < -0.4 is 37.7 Å². The van der Waals surface area contributed by atoms with Gasteiger partial charge in [0.05, 0.1) is 0 Å². The maximum absolute atomic E-state index is 2.57. The third kappa shape index (κ3) is 6.81. The Balaban J connectivity index is 0.000000230. The molecule has 2 saturated carbocycles. The van der Waals surface area contributed by atoms with Crippen molar-refractivity contribution >= 4 is 12.2 Å². The molecule has 2 fully saturated rings. The van der Waals surface area contributed by atoms with Gasteiger partial charge < -0.3 is 14.9 Å². The Bertz CT molecular complexity index is 1390. The van der Waals surface area contributed by atoms with Gasteiger partial charge in [0.25, 0.3) is 0 Å². The molecule has 8 rings (SSSR count). The van der Waals surface area contributed by atoms with E-state index in [1.165, 1.54) is 47.9 Å². The van der Waals surface area contributed by atoms with E-state index in [0.717, 1.165) is 35.5 Å². The molecule has 2 heteroatoms. The Morgan fingerprint density at radius 1 is 0.478 bits per heavy atom. The van der Waals surface area contributed by atoms with Crippen molar-refractivity contribution in [2.75, 3.05) is 0 Å². The van der Waals surface area contributed by atoms with Crippen molar-refractivity contribution in [1.82, 2.24) is 0 Å². The van der Waals surface area contributed by atoms with Gasteiger partial charge in [-0.1, -0.05) is 149 Å². The molecule has 0 aliphatic heterocycles. The van der Waals surface area contributed by atoms with Gasteiger partial charge in [-0.15, -0.1) is 0 Å². The molecule has 0 nitrogen and oxygen atoms in total. The molecule has 6 aliphatic rings. The zero-order valence-electron chi connectivity index (χ0n) is 30.0. The van der Waals surface area contributed by atoms with E-state index in [9.17, 15) is 0 Å². The summed E-state index contributed by atoms with van der Waals surface area (Å²) in [6.45, 7) is 9.96. The zero-order valence-corrected chi connectivity index (χ0v) is 30.0. The summed E-state index contributed by atoms with van der Waals surface area (Å²) in [4.78, 5) is 0. The smallest absolute Gasteiger partial charge is 0.358 e. The van der Waals surface area contributed by atoms with Crippen LogP contribution in [-0.2, 0) is 0 Å². The predicted molar refractivity (Wildman–Crippen MR) is 193 cm³/mol. The van der Waals surface area contributed by atoms with Crippen molar-refractivity contribution in [3.05, 3.63) is 146 Å². The summed E-state index contributed by atoms with van der Waals surface area (Å²) in [5, 5.41) is 0. The predicted octanol–water partition coefficient (Wildman–Crippen LogP) is 6.09. The minimum Gasteiger partial charge on any atom is -0.358 e. The van der Waals surface area contributed by atoms with Gasteiger partial charge in [-0.3, -0.25) is 0 Å². The Kier molecular flexibility index (Phi) is 13.0. The number of hydrogen-bond donors (Lipinski definition) is 0. The summed E-state index contributed by atoms with van der Waals surface area (Å²) >= 11 is 0. The fourth-order valence-corrected chi connectivity index (χ4v) is 9.91. The Morgan fingerprint density at radius 3 is 1.30 bits per heavy atom. The zero-order chi connectivity index (χ0) is 28.9. The quantitative estimate of drug-likeness (QED) is 0.296. The Morgan fingerprint density at radius 2 is 0.870 bits per heavy atom. The second kappa shape index (κ2) is 15.5. The molecule has 2 aromatic rings. The van der Waals surface area contributed by atoms with Gasteiger partial charge in [-0.25, -0.2) is 0 Å². The van der Waals surface area contributed by atoms with E-state index in [2.05, 4.69) is 149 Å². The molecule has 232 valence electrons. The first kappa shape index (κ1) is 38.5. The standard InChI is InChI=1S/C21H28.C21H20.2CH3.2Li/c2*1-21(2,19-13-11-15-7-3-5-9-17(15)19)20-14-12-16-8-4-6-10-18(16)20;;;;/h3-10,15-20H,11-14H2,1-2H3;3-14,19-20H,1-2H3;2*1H3;;/q;;2*-1;2*+1. The average molecular weight is 597 g/mol. The fourth-order valence-electron chi connectivity index (χ4n) is 9.91. The molecule has 0 spiro atoms. The van der Waals surface area contributed by atoms with Crippen molar-refractivity contribution in [3.63, 3.8) is 0 Å².